The molecule has 0 radical (unpaired) electrons. The summed E-state index contributed by atoms with van der Waals surface area (Å²) in [5.74, 6) is 1.83. The summed E-state index contributed by atoms with van der Waals surface area (Å²) in [5.41, 5.74) is 2.37. The molecular formula is C12H18ClNO2. The quantitative estimate of drug-likeness (QED) is 0.886. The Balaban J connectivity index is 0.00000128. The van der Waals surface area contributed by atoms with Gasteiger partial charge in [0.05, 0.1) is 6.61 Å². The van der Waals surface area contributed by atoms with Gasteiger partial charge >= 0.3 is 0 Å². The van der Waals surface area contributed by atoms with Crippen molar-refractivity contribution >= 4 is 18.1 Å². The van der Waals surface area contributed by atoms with Gasteiger partial charge in [-0.2, -0.15) is 0 Å². The number of benzene rings is 1. The van der Waals surface area contributed by atoms with Gasteiger partial charge in [-0.05, 0) is 13.8 Å². The van der Waals surface area contributed by atoms with Gasteiger partial charge in [-0.15, -0.1) is 12.4 Å². The van der Waals surface area contributed by atoms with Crippen LogP contribution in [0.2, 0.25) is 0 Å². The number of nitrogens with one attached hydrogen (secondary N) is 1. The summed E-state index contributed by atoms with van der Waals surface area (Å²) in [6, 6.07) is 4.01. The van der Waals surface area contributed by atoms with Crippen LogP contribution >= 0.6 is 12.4 Å². The number of hydrogen-bond donors (Lipinski definition) is 1. The molecule has 0 saturated heterocycles. The Morgan fingerprint density at radius 3 is 2.88 bits per heavy atom. The van der Waals surface area contributed by atoms with Crippen molar-refractivity contribution < 1.29 is 9.47 Å². The number of hydrogen-bond acceptors (Lipinski definition) is 3. The van der Waals surface area contributed by atoms with E-state index in [0.29, 0.717) is 6.61 Å². The van der Waals surface area contributed by atoms with Gasteiger partial charge in [0.25, 0.3) is 0 Å². The van der Waals surface area contributed by atoms with Gasteiger partial charge in [0, 0.05) is 36.9 Å². The molecule has 1 unspecified atom stereocenters. The second kappa shape index (κ2) is 5.30. The van der Waals surface area contributed by atoms with Gasteiger partial charge in [-0.3, -0.25) is 0 Å². The topological polar surface area (TPSA) is 30.5 Å². The minimum absolute atomic E-state index is 0. The van der Waals surface area contributed by atoms with E-state index in [0.717, 1.165) is 23.6 Å². The Morgan fingerprint density at radius 2 is 2.25 bits per heavy atom. The molecule has 1 heterocycles. The molecule has 0 fully saturated rings. The van der Waals surface area contributed by atoms with Gasteiger partial charge in [-0.1, -0.05) is 0 Å². The predicted octanol–water partition coefficient (Wildman–Crippen LogP) is 2.87. The van der Waals surface area contributed by atoms with Crippen LogP contribution in [0.1, 0.15) is 19.4 Å². The first-order valence-electron chi connectivity index (χ1n) is 5.38. The third-order valence-corrected chi connectivity index (χ3v) is 2.58. The fraction of sp³-hybridized carbons (Fsp3) is 0.500. The number of anilines is 1. The van der Waals surface area contributed by atoms with Crippen LogP contribution in [0, 0.1) is 0 Å². The number of halogens is 1. The molecule has 2 rings (SSSR count). The Morgan fingerprint density at radius 1 is 1.50 bits per heavy atom. The maximum Gasteiger partial charge on any atom is 0.128 e. The SMILES string of the molecule is CCOc1cc(NC)c2c(c1)OC(C)C2.Cl. The van der Waals surface area contributed by atoms with Crippen LogP contribution in [0.5, 0.6) is 11.5 Å². The van der Waals surface area contributed by atoms with Crippen LogP contribution in [0.25, 0.3) is 0 Å². The zero-order valence-corrected chi connectivity index (χ0v) is 10.7. The van der Waals surface area contributed by atoms with Crippen LogP contribution in [0.4, 0.5) is 5.69 Å². The summed E-state index contributed by atoms with van der Waals surface area (Å²) >= 11 is 0. The van der Waals surface area contributed by atoms with Crippen molar-refractivity contribution in [3.05, 3.63) is 17.7 Å². The van der Waals surface area contributed by atoms with Crippen LogP contribution in [0.15, 0.2) is 12.1 Å². The molecule has 0 saturated carbocycles. The van der Waals surface area contributed by atoms with E-state index in [4.69, 9.17) is 9.47 Å². The Bertz CT molecular complexity index is 368. The molecule has 1 aromatic rings. The lowest BCUT2D eigenvalue weighted by Crippen LogP contribution is -2.05. The molecule has 0 amide bonds. The first-order valence-corrected chi connectivity index (χ1v) is 5.38. The third-order valence-electron chi connectivity index (χ3n) is 2.58. The lowest BCUT2D eigenvalue weighted by molar-refractivity contribution is 0.253. The molecule has 4 heteroatoms. The average molecular weight is 244 g/mol. The van der Waals surface area contributed by atoms with Gasteiger partial charge in [0.2, 0.25) is 0 Å². The molecule has 16 heavy (non-hydrogen) atoms. The summed E-state index contributed by atoms with van der Waals surface area (Å²) in [6.07, 6.45) is 1.24. The highest BCUT2D eigenvalue weighted by Gasteiger charge is 2.22. The highest BCUT2D eigenvalue weighted by atomic mass is 35.5. The molecule has 0 aromatic heterocycles. The summed E-state index contributed by atoms with van der Waals surface area (Å²) in [4.78, 5) is 0. The van der Waals surface area contributed by atoms with E-state index in [1.54, 1.807) is 0 Å². The molecule has 1 atom stereocenters. The lowest BCUT2D eigenvalue weighted by atomic mass is 10.1. The maximum absolute atomic E-state index is 5.72. The molecule has 3 nitrogen and oxygen atoms in total. The molecule has 1 aliphatic heterocycles. The molecule has 90 valence electrons. The Hall–Kier alpha value is -1.09. The summed E-state index contributed by atoms with van der Waals surface area (Å²) in [6.45, 7) is 4.74. The van der Waals surface area contributed by atoms with Crippen LogP contribution in [0.3, 0.4) is 0 Å². The fourth-order valence-corrected chi connectivity index (χ4v) is 1.95. The predicted molar refractivity (Wildman–Crippen MR) is 68.2 cm³/mol. The van der Waals surface area contributed by atoms with Crippen molar-refractivity contribution in [2.45, 2.75) is 26.4 Å². The summed E-state index contributed by atoms with van der Waals surface area (Å²) in [5, 5.41) is 3.19. The molecule has 1 aromatic carbocycles. The monoisotopic (exact) mass is 243 g/mol. The zero-order chi connectivity index (χ0) is 10.8. The summed E-state index contributed by atoms with van der Waals surface area (Å²) < 4.78 is 11.2. The number of rotatable bonds is 3. The van der Waals surface area contributed by atoms with Crippen molar-refractivity contribution in [2.24, 2.45) is 0 Å². The molecule has 0 bridgehead atoms. The number of ether oxygens (including phenoxy) is 2. The normalized spacial score (nSPS) is 17.1. The molecule has 1 N–H and O–H groups in total. The standard InChI is InChI=1S/C12H17NO2.ClH/c1-4-14-9-6-11(13-3)10-5-8(2)15-12(10)7-9;/h6-8,13H,4-5H2,1-3H3;1H. The highest BCUT2D eigenvalue weighted by molar-refractivity contribution is 5.85. The van der Waals surface area contributed by atoms with Gasteiger partial charge in [0.15, 0.2) is 0 Å². The van der Waals surface area contributed by atoms with Crippen LogP contribution in [-0.2, 0) is 6.42 Å². The van der Waals surface area contributed by atoms with Crippen LogP contribution < -0.4 is 14.8 Å². The average Bonchev–Trinajstić information content (AvgIpc) is 2.57. The molecule has 1 aliphatic rings. The second-order valence-electron chi connectivity index (χ2n) is 3.76. The van der Waals surface area contributed by atoms with Crippen molar-refractivity contribution in [3.8, 4) is 11.5 Å². The van der Waals surface area contributed by atoms with Crippen molar-refractivity contribution in [1.82, 2.24) is 0 Å². The first-order chi connectivity index (χ1) is 7.24. The van der Waals surface area contributed by atoms with E-state index in [1.165, 1.54) is 5.56 Å². The van der Waals surface area contributed by atoms with E-state index < -0.39 is 0 Å². The van der Waals surface area contributed by atoms with Gasteiger partial charge in [0.1, 0.15) is 17.6 Å². The number of fused-ring (bicyclic) bond motifs is 1. The summed E-state index contributed by atoms with van der Waals surface area (Å²) in [7, 11) is 1.92. The largest absolute Gasteiger partial charge is 0.494 e. The molecule has 0 spiro atoms. The van der Waals surface area contributed by atoms with E-state index >= 15 is 0 Å². The van der Waals surface area contributed by atoms with Gasteiger partial charge in [-0.25, -0.2) is 0 Å². The van der Waals surface area contributed by atoms with E-state index in [1.807, 2.05) is 26.1 Å². The van der Waals surface area contributed by atoms with E-state index in [2.05, 4.69) is 12.2 Å². The van der Waals surface area contributed by atoms with E-state index in [-0.39, 0.29) is 18.5 Å². The fourth-order valence-electron chi connectivity index (χ4n) is 1.95. The van der Waals surface area contributed by atoms with Gasteiger partial charge < -0.3 is 14.8 Å². The van der Waals surface area contributed by atoms with Crippen molar-refractivity contribution in [3.63, 3.8) is 0 Å². The van der Waals surface area contributed by atoms with Crippen molar-refractivity contribution in [1.29, 1.82) is 0 Å². The maximum atomic E-state index is 5.72. The smallest absolute Gasteiger partial charge is 0.128 e. The minimum Gasteiger partial charge on any atom is -0.494 e. The van der Waals surface area contributed by atoms with Crippen molar-refractivity contribution in [2.75, 3.05) is 19.0 Å². The Kier molecular flexibility index (Phi) is 4.30. The van der Waals surface area contributed by atoms with E-state index in [9.17, 15) is 0 Å². The van der Waals surface area contributed by atoms with Crippen LogP contribution in [-0.4, -0.2) is 19.8 Å². The minimum atomic E-state index is 0. The third kappa shape index (κ3) is 2.35. The first kappa shape index (κ1) is 13.0. The second-order valence-corrected chi connectivity index (χ2v) is 3.76. The molecule has 0 aliphatic carbocycles. The Labute approximate surface area is 103 Å². The highest BCUT2D eigenvalue weighted by Crippen LogP contribution is 2.38. The lowest BCUT2D eigenvalue weighted by Gasteiger charge is -2.10. The zero-order valence-electron chi connectivity index (χ0n) is 9.87. The molecular weight excluding hydrogens is 226 g/mol.